The Morgan fingerprint density at radius 2 is 1.31 bits per heavy atom. The van der Waals surface area contributed by atoms with Crippen molar-refractivity contribution >= 4 is 60.4 Å². The summed E-state index contributed by atoms with van der Waals surface area (Å²) in [6.07, 6.45) is 2.29. The fourth-order valence-electron chi connectivity index (χ4n) is 2.69. The molecule has 0 unspecified atom stereocenters. The fraction of sp³-hybridized carbons (Fsp3) is 0.688. The van der Waals surface area contributed by atoms with E-state index in [1.165, 1.54) is 0 Å². The van der Waals surface area contributed by atoms with Gasteiger partial charge in [-0.15, -0.1) is 37.2 Å². The second kappa shape index (κ2) is 17.5. The normalized spacial score (nSPS) is 17.8. The Bertz CT molecular complexity index is 432. The topological polar surface area (TPSA) is 52.2 Å². The number of nitrogens with one attached hydrogen (secondary N) is 3. The van der Waals surface area contributed by atoms with E-state index in [0.717, 1.165) is 77.3 Å². The van der Waals surface area contributed by atoms with Crippen molar-refractivity contribution in [3.63, 3.8) is 0 Å². The first-order valence-corrected chi connectivity index (χ1v) is 9.16. The SMILES string of the molecule is Cl.Cl.Cl.Clc1cc(CN2CCCNCCNCCCNCC2)cc(Cl)n1. The molecule has 5 nitrogen and oxygen atoms in total. The van der Waals surface area contributed by atoms with Gasteiger partial charge in [0.25, 0.3) is 0 Å². The summed E-state index contributed by atoms with van der Waals surface area (Å²) >= 11 is 12.0. The van der Waals surface area contributed by atoms with Crippen molar-refractivity contribution in [2.24, 2.45) is 0 Å². The predicted molar refractivity (Wildman–Crippen MR) is 119 cm³/mol. The van der Waals surface area contributed by atoms with E-state index in [9.17, 15) is 0 Å². The highest BCUT2D eigenvalue weighted by atomic mass is 35.5. The molecule has 1 aromatic rings. The van der Waals surface area contributed by atoms with Crippen molar-refractivity contribution in [1.29, 1.82) is 0 Å². The van der Waals surface area contributed by atoms with Crippen LogP contribution >= 0.6 is 60.4 Å². The molecule has 1 saturated heterocycles. The van der Waals surface area contributed by atoms with Gasteiger partial charge in [-0.3, -0.25) is 4.90 Å². The number of halogens is 5. The van der Waals surface area contributed by atoms with Crippen LogP contribution in [-0.2, 0) is 6.54 Å². The summed E-state index contributed by atoms with van der Waals surface area (Å²) < 4.78 is 0. The second-order valence-electron chi connectivity index (χ2n) is 5.85. The third-order valence-electron chi connectivity index (χ3n) is 3.85. The van der Waals surface area contributed by atoms with Gasteiger partial charge in [-0.25, -0.2) is 4.98 Å². The van der Waals surface area contributed by atoms with Gasteiger partial charge in [-0.2, -0.15) is 0 Å². The van der Waals surface area contributed by atoms with Crippen LogP contribution in [0.5, 0.6) is 0 Å². The van der Waals surface area contributed by atoms with Crippen molar-refractivity contribution in [2.75, 3.05) is 52.4 Å². The Labute approximate surface area is 185 Å². The molecule has 0 aromatic carbocycles. The van der Waals surface area contributed by atoms with E-state index in [1.807, 2.05) is 12.1 Å². The first kappa shape index (κ1) is 28.6. The van der Waals surface area contributed by atoms with E-state index in [4.69, 9.17) is 23.2 Å². The first-order valence-electron chi connectivity index (χ1n) is 8.40. The summed E-state index contributed by atoms with van der Waals surface area (Å²) in [5, 5.41) is 11.4. The monoisotopic (exact) mass is 467 g/mol. The van der Waals surface area contributed by atoms with Crippen molar-refractivity contribution in [3.8, 4) is 0 Å². The Balaban J connectivity index is 0. The van der Waals surface area contributed by atoms with Gasteiger partial charge >= 0.3 is 0 Å². The molecule has 26 heavy (non-hydrogen) atoms. The molecule has 0 aliphatic carbocycles. The van der Waals surface area contributed by atoms with E-state index in [1.54, 1.807) is 0 Å². The molecule has 0 radical (unpaired) electrons. The van der Waals surface area contributed by atoms with Gasteiger partial charge in [0.05, 0.1) is 0 Å². The largest absolute Gasteiger partial charge is 0.315 e. The van der Waals surface area contributed by atoms with Crippen LogP contribution in [0.25, 0.3) is 0 Å². The Hall–Kier alpha value is 0.440. The maximum atomic E-state index is 6.00. The molecule has 1 aromatic heterocycles. The Morgan fingerprint density at radius 1 is 0.769 bits per heavy atom. The molecule has 0 saturated carbocycles. The van der Waals surface area contributed by atoms with Crippen LogP contribution in [0, 0.1) is 0 Å². The van der Waals surface area contributed by atoms with E-state index in [2.05, 4.69) is 25.8 Å². The van der Waals surface area contributed by atoms with Gasteiger partial charge in [0, 0.05) is 32.7 Å². The number of pyridine rings is 1. The summed E-state index contributed by atoms with van der Waals surface area (Å²) in [6, 6.07) is 3.80. The van der Waals surface area contributed by atoms with Crippen molar-refractivity contribution in [2.45, 2.75) is 19.4 Å². The van der Waals surface area contributed by atoms with Crippen LogP contribution in [0.15, 0.2) is 12.1 Å². The van der Waals surface area contributed by atoms with Crippen LogP contribution in [0.2, 0.25) is 10.3 Å². The number of hydrogen-bond acceptors (Lipinski definition) is 5. The lowest BCUT2D eigenvalue weighted by atomic mass is 10.2. The van der Waals surface area contributed by atoms with Crippen LogP contribution in [0.4, 0.5) is 0 Å². The summed E-state index contributed by atoms with van der Waals surface area (Å²) in [4.78, 5) is 6.46. The molecule has 0 spiro atoms. The van der Waals surface area contributed by atoms with E-state index in [-0.39, 0.29) is 37.2 Å². The van der Waals surface area contributed by atoms with Gasteiger partial charge < -0.3 is 16.0 Å². The molecule has 3 N–H and O–H groups in total. The van der Waals surface area contributed by atoms with Crippen molar-refractivity contribution < 1.29 is 0 Å². The quantitative estimate of drug-likeness (QED) is 0.582. The molecular weight excluding hydrogens is 439 g/mol. The summed E-state index contributed by atoms with van der Waals surface area (Å²) in [7, 11) is 0. The van der Waals surface area contributed by atoms with Gasteiger partial charge in [-0.05, 0) is 56.7 Å². The average molecular weight is 470 g/mol. The first-order chi connectivity index (χ1) is 11.2. The Kier molecular flexibility index (Phi) is 19.3. The maximum absolute atomic E-state index is 6.00. The second-order valence-corrected chi connectivity index (χ2v) is 6.63. The molecule has 0 amide bonds. The molecule has 1 aliphatic heterocycles. The van der Waals surface area contributed by atoms with Crippen molar-refractivity contribution in [3.05, 3.63) is 28.0 Å². The minimum atomic E-state index is 0. The zero-order valence-electron chi connectivity index (χ0n) is 14.8. The minimum Gasteiger partial charge on any atom is -0.315 e. The Morgan fingerprint density at radius 3 is 1.92 bits per heavy atom. The van der Waals surface area contributed by atoms with E-state index < -0.39 is 0 Å². The summed E-state index contributed by atoms with van der Waals surface area (Å²) in [5.74, 6) is 0. The molecule has 1 aliphatic rings. The zero-order valence-corrected chi connectivity index (χ0v) is 18.8. The average Bonchev–Trinajstić information content (AvgIpc) is 2.50. The lowest BCUT2D eigenvalue weighted by molar-refractivity contribution is 0.260. The highest BCUT2D eigenvalue weighted by Crippen LogP contribution is 2.16. The van der Waals surface area contributed by atoms with E-state index >= 15 is 0 Å². The van der Waals surface area contributed by atoms with Gasteiger partial charge in [-0.1, -0.05) is 23.2 Å². The lowest BCUT2D eigenvalue weighted by Gasteiger charge is -2.23. The van der Waals surface area contributed by atoms with Gasteiger partial charge in [0.2, 0.25) is 0 Å². The van der Waals surface area contributed by atoms with Gasteiger partial charge in [0.1, 0.15) is 10.3 Å². The third kappa shape index (κ3) is 12.8. The predicted octanol–water partition coefficient (Wildman–Crippen LogP) is 3.02. The van der Waals surface area contributed by atoms with Crippen LogP contribution < -0.4 is 16.0 Å². The number of aromatic nitrogens is 1. The zero-order chi connectivity index (χ0) is 16.3. The smallest absolute Gasteiger partial charge is 0.131 e. The van der Waals surface area contributed by atoms with Crippen molar-refractivity contribution in [1.82, 2.24) is 25.8 Å². The van der Waals surface area contributed by atoms with Crippen LogP contribution in [-0.4, -0.2) is 62.2 Å². The molecular formula is C16H30Cl5N5. The van der Waals surface area contributed by atoms with Gasteiger partial charge in [0.15, 0.2) is 0 Å². The summed E-state index contributed by atoms with van der Waals surface area (Å²) in [6.45, 7) is 9.17. The molecule has 2 heterocycles. The highest BCUT2D eigenvalue weighted by Gasteiger charge is 2.08. The fourth-order valence-corrected chi connectivity index (χ4v) is 3.19. The lowest BCUT2D eigenvalue weighted by Crippen LogP contribution is -2.36. The van der Waals surface area contributed by atoms with E-state index in [0.29, 0.717) is 10.3 Å². The molecule has 2 rings (SSSR count). The minimum absolute atomic E-state index is 0. The molecule has 10 heteroatoms. The highest BCUT2D eigenvalue weighted by molar-refractivity contribution is 6.32. The number of rotatable bonds is 2. The molecule has 0 atom stereocenters. The van der Waals surface area contributed by atoms with Crippen LogP contribution in [0.1, 0.15) is 18.4 Å². The molecule has 0 bridgehead atoms. The number of nitrogens with zero attached hydrogens (tertiary/aromatic N) is 2. The third-order valence-corrected chi connectivity index (χ3v) is 4.23. The standard InChI is InChI=1S/C16H27Cl2N5.3ClH/c17-15-11-14(12-16(18)22-15)13-23-9-2-5-20-7-6-19-3-1-4-21-8-10-23;;;/h11-12,19-21H,1-10,13H2;3*1H. The molecule has 154 valence electrons. The number of hydrogen-bond donors (Lipinski definition) is 3. The molecule has 1 fully saturated rings. The maximum Gasteiger partial charge on any atom is 0.131 e. The van der Waals surface area contributed by atoms with Crippen LogP contribution in [0.3, 0.4) is 0 Å². The summed E-state index contributed by atoms with van der Waals surface area (Å²) in [5.41, 5.74) is 1.12.